The number of esters is 2. The number of allylic oxidation sites excluding steroid dienone is 2. The normalized spacial score (nSPS) is 15.0. The number of alkyl halides is 2. The molecule has 0 radical (unpaired) electrons. The maximum Gasteiger partial charge on any atom is 0.387 e. The molecule has 0 bridgehead atoms. The lowest BCUT2D eigenvalue weighted by Crippen LogP contribution is -2.32. The second-order valence-electron chi connectivity index (χ2n) is 5.53. The number of carbonyl (C=O) groups is 2. The summed E-state index contributed by atoms with van der Waals surface area (Å²) in [4.78, 5) is 24.7. The lowest BCUT2D eigenvalue weighted by atomic mass is 9.80. The van der Waals surface area contributed by atoms with E-state index >= 15 is 0 Å². The minimum atomic E-state index is -3.06. The summed E-state index contributed by atoms with van der Waals surface area (Å²) in [6.07, 6.45) is 0. The summed E-state index contributed by atoms with van der Waals surface area (Å²) in [6.45, 7) is 0.206. The van der Waals surface area contributed by atoms with Crippen molar-refractivity contribution in [3.63, 3.8) is 0 Å². The molecule has 8 heteroatoms. The van der Waals surface area contributed by atoms with Gasteiger partial charge in [-0.1, -0.05) is 18.2 Å². The Morgan fingerprint density at radius 1 is 1.00 bits per heavy atom. The van der Waals surface area contributed by atoms with Crippen LogP contribution in [0.2, 0.25) is 0 Å². The molecule has 0 saturated heterocycles. The lowest BCUT2D eigenvalue weighted by Gasteiger charge is -2.30. The Kier molecular flexibility index (Phi) is 5.97. The molecule has 0 saturated carbocycles. The summed E-state index contributed by atoms with van der Waals surface area (Å²) < 4.78 is 39.9. The standard InChI is InChI=1S/C18H19F2NO5/c1-9-13(16(22)24-3)15(14(10(2)21-9)17(23)25-4)11-7-5-6-8-12(11)26-18(19)20/h5-8,15,18,21H,1-4H3. The molecule has 1 aliphatic rings. The van der Waals surface area contributed by atoms with Crippen molar-refractivity contribution in [2.45, 2.75) is 26.4 Å². The first-order chi connectivity index (χ1) is 12.3. The van der Waals surface area contributed by atoms with Crippen LogP contribution in [0, 0.1) is 0 Å². The summed E-state index contributed by atoms with van der Waals surface area (Å²) in [5.74, 6) is -2.51. The number of dihydropyridines is 1. The Labute approximate surface area is 149 Å². The van der Waals surface area contributed by atoms with Crippen molar-refractivity contribution >= 4 is 11.9 Å². The quantitative estimate of drug-likeness (QED) is 0.807. The second kappa shape index (κ2) is 7.99. The first kappa shape index (κ1) is 19.4. The van der Waals surface area contributed by atoms with Gasteiger partial charge in [0.05, 0.1) is 31.3 Å². The molecule has 1 aliphatic heterocycles. The van der Waals surface area contributed by atoms with E-state index in [4.69, 9.17) is 9.47 Å². The lowest BCUT2D eigenvalue weighted by molar-refractivity contribution is -0.137. The monoisotopic (exact) mass is 367 g/mol. The van der Waals surface area contributed by atoms with E-state index in [1.807, 2.05) is 0 Å². The molecule has 1 N–H and O–H groups in total. The highest BCUT2D eigenvalue weighted by molar-refractivity contribution is 6.00. The first-order valence-corrected chi connectivity index (χ1v) is 7.70. The summed E-state index contributed by atoms with van der Waals surface area (Å²) in [5.41, 5.74) is 1.35. The number of rotatable bonds is 5. The van der Waals surface area contributed by atoms with Crippen LogP contribution in [-0.2, 0) is 19.1 Å². The molecule has 0 atom stereocenters. The molecule has 1 aromatic rings. The SMILES string of the molecule is COC(=O)C1=C(C)NC(C)=C(C(=O)OC)C1c1ccccc1OC(F)F. The minimum Gasteiger partial charge on any atom is -0.466 e. The summed E-state index contributed by atoms with van der Waals surface area (Å²) >= 11 is 0. The van der Waals surface area contributed by atoms with Gasteiger partial charge < -0.3 is 19.5 Å². The van der Waals surface area contributed by atoms with Gasteiger partial charge in [-0.3, -0.25) is 0 Å². The third-order valence-electron chi connectivity index (χ3n) is 4.02. The number of halogens is 2. The molecule has 1 heterocycles. The van der Waals surface area contributed by atoms with Crippen molar-refractivity contribution in [2.24, 2.45) is 0 Å². The van der Waals surface area contributed by atoms with Gasteiger partial charge in [0.25, 0.3) is 0 Å². The van der Waals surface area contributed by atoms with Gasteiger partial charge in [0.15, 0.2) is 0 Å². The van der Waals surface area contributed by atoms with Crippen molar-refractivity contribution in [2.75, 3.05) is 14.2 Å². The van der Waals surface area contributed by atoms with Crippen LogP contribution in [0.25, 0.3) is 0 Å². The van der Waals surface area contributed by atoms with Crippen LogP contribution < -0.4 is 10.1 Å². The third-order valence-corrected chi connectivity index (χ3v) is 4.02. The molecule has 0 aromatic heterocycles. The van der Waals surface area contributed by atoms with E-state index < -0.39 is 24.5 Å². The summed E-state index contributed by atoms with van der Waals surface area (Å²) in [6, 6.07) is 5.98. The Morgan fingerprint density at radius 3 is 1.96 bits per heavy atom. The number of benzene rings is 1. The highest BCUT2D eigenvalue weighted by atomic mass is 19.3. The average molecular weight is 367 g/mol. The molecule has 140 valence electrons. The highest BCUT2D eigenvalue weighted by Crippen LogP contribution is 2.42. The number of para-hydroxylation sites is 1. The van der Waals surface area contributed by atoms with Crippen molar-refractivity contribution < 1.29 is 32.6 Å². The Morgan fingerprint density at radius 2 is 1.50 bits per heavy atom. The smallest absolute Gasteiger partial charge is 0.387 e. The van der Waals surface area contributed by atoms with Crippen LogP contribution >= 0.6 is 0 Å². The average Bonchev–Trinajstić information content (AvgIpc) is 2.60. The fraction of sp³-hybridized carbons (Fsp3) is 0.333. The van der Waals surface area contributed by atoms with Crippen LogP contribution in [0.1, 0.15) is 25.3 Å². The van der Waals surface area contributed by atoms with Crippen molar-refractivity contribution in [1.29, 1.82) is 0 Å². The minimum absolute atomic E-state index is 0.115. The van der Waals surface area contributed by atoms with Gasteiger partial charge >= 0.3 is 18.6 Å². The van der Waals surface area contributed by atoms with Crippen molar-refractivity contribution in [3.05, 3.63) is 52.4 Å². The summed E-state index contributed by atoms with van der Waals surface area (Å²) in [5, 5.41) is 2.94. The van der Waals surface area contributed by atoms with E-state index in [2.05, 4.69) is 10.1 Å². The van der Waals surface area contributed by atoms with E-state index in [0.29, 0.717) is 11.4 Å². The molecule has 0 aliphatic carbocycles. The Bertz CT molecular complexity index is 748. The molecule has 6 nitrogen and oxygen atoms in total. The number of hydrogen-bond donors (Lipinski definition) is 1. The van der Waals surface area contributed by atoms with Crippen LogP contribution in [0.4, 0.5) is 8.78 Å². The number of nitrogens with one attached hydrogen (secondary N) is 1. The zero-order valence-corrected chi connectivity index (χ0v) is 14.8. The van der Waals surface area contributed by atoms with Gasteiger partial charge in [0.1, 0.15) is 5.75 Å². The predicted molar refractivity (Wildman–Crippen MR) is 88.4 cm³/mol. The number of ether oxygens (including phenoxy) is 3. The van der Waals surface area contributed by atoms with Crippen molar-refractivity contribution in [3.8, 4) is 5.75 Å². The van der Waals surface area contributed by atoms with Gasteiger partial charge in [-0.15, -0.1) is 0 Å². The maximum atomic E-state index is 12.8. The van der Waals surface area contributed by atoms with E-state index in [-0.39, 0.29) is 22.5 Å². The van der Waals surface area contributed by atoms with Gasteiger partial charge in [-0.05, 0) is 19.9 Å². The van der Waals surface area contributed by atoms with E-state index in [9.17, 15) is 18.4 Å². The van der Waals surface area contributed by atoms with Gasteiger partial charge in [0, 0.05) is 17.0 Å². The topological polar surface area (TPSA) is 73.9 Å². The molecule has 26 heavy (non-hydrogen) atoms. The third kappa shape index (κ3) is 3.68. The number of hydrogen-bond acceptors (Lipinski definition) is 6. The molecule has 0 fully saturated rings. The van der Waals surface area contributed by atoms with Crippen LogP contribution in [0.5, 0.6) is 5.75 Å². The number of carbonyl (C=O) groups excluding carboxylic acids is 2. The summed E-state index contributed by atoms with van der Waals surface area (Å²) in [7, 11) is 2.40. The highest BCUT2D eigenvalue weighted by Gasteiger charge is 2.39. The second-order valence-corrected chi connectivity index (χ2v) is 5.53. The zero-order chi connectivity index (χ0) is 19.4. The van der Waals surface area contributed by atoms with E-state index in [1.54, 1.807) is 19.9 Å². The fourth-order valence-electron chi connectivity index (χ4n) is 2.99. The number of methoxy groups -OCH3 is 2. The molecule has 1 aromatic carbocycles. The largest absolute Gasteiger partial charge is 0.466 e. The van der Waals surface area contributed by atoms with Crippen LogP contribution in [0.15, 0.2) is 46.8 Å². The Hall–Kier alpha value is -2.90. The first-order valence-electron chi connectivity index (χ1n) is 7.70. The molecular formula is C18H19F2NO5. The van der Waals surface area contributed by atoms with E-state index in [1.165, 1.54) is 32.4 Å². The predicted octanol–water partition coefficient (Wildman–Crippen LogP) is 2.87. The zero-order valence-electron chi connectivity index (χ0n) is 14.8. The van der Waals surface area contributed by atoms with E-state index in [0.717, 1.165) is 0 Å². The van der Waals surface area contributed by atoms with Crippen molar-refractivity contribution in [1.82, 2.24) is 5.32 Å². The molecule has 0 spiro atoms. The molecule has 2 rings (SSSR count). The van der Waals surface area contributed by atoms with Gasteiger partial charge in [-0.2, -0.15) is 8.78 Å². The Balaban J connectivity index is 2.73. The fourth-order valence-corrected chi connectivity index (χ4v) is 2.99. The van der Waals surface area contributed by atoms with Gasteiger partial charge in [0.2, 0.25) is 0 Å². The maximum absolute atomic E-state index is 12.8. The van der Waals surface area contributed by atoms with Crippen LogP contribution in [-0.4, -0.2) is 32.8 Å². The van der Waals surface area contributed by atoms with Gasteiger partial charge in [-0.25, -0.2) is 9.59 Å². The molecule has 0 unspecified atom stereocenters. The molecule has 0 amide bonds. The van der Waals surface area contributed by atoms with Crippen LogP contribution in [0.3, 0.4) is 0 Å². The molecular weight excluding hydrogens is 348 g/mol.